The van der Waals surface area contributed by atoms with Crippen molar-refractivity contribution in [1.82, 2.24) is 0 Å². The van der Waals surface area contributed by atoms with Crippen LogP contribution in [0.4, 0.5) is 0 Å². The monoisotopic (exact) mass is 181 g/mol. The van der Waals surface area contributed by atoms with E-state index >= 15 is 0 Å². The summed E-state index contributed by atoms with van der Waals surface area (Å²) in [6.07, 6.45) is 0. The van der Waals surface area contributed by atoms with E-state index in [9.17, 15) is 9.90 Å². The van der Waals surface area contributed by atoms with Gasteiger partial charge in [-0.3, -0.25) is 0 Å². The van der Waals surface area contributed by atoms with Gasteiger partial charge in [-0.05, 0) is 12.1 Å². The van der Waals surface area contributed by atoms with Crippen molar-refractivity contribution in [2.45, 2.75) is 0 Å². The number of carbonyl (C=O) groups is 1. The number of methoxy groups -OCH3 is 2. The maximum atomic E-state index is 10.6. The van der Waals surface area contributed by atoms with E-state index in [0.717, 1.165) is 0 Å². The van der Waals surface area contributed by atoms with Crippen molar-refractivity contribution in [1.29, 1.82) is 0 Å². The number of carbonyl (C=O) groups excluding carboxylic acids is 1. The van der Waals surface area contributed by atoms with E-state index < -0.39 is 5.97 Å². The molecule has 0 N–H and O–H groups in total. The number of aromatic carboxylic acids is 1. The second-order valence-electron chi connectivity index (χ2n) is 2.33. The molecule has 0 heterocycles. The van der Waals surface area contributed by atoms with Gasteiger partial charge in [0.2, 0.25) is 0 Å². The van der Waals surface area contributed by atoms with E-state index in [1.54, 1.807) is 12.1 Å². The highest BCUT2D eigenvalue weighted by molar-refractivity contribution is 5.90. The third-order valence-electron chi connectivity index (χ3n) is 1.62. The predicted molar refractivity (Wildman–Crippen MR) is 43.9 cm³/mol. The van der Waals surface area contributed by atoms with Gasteiger partial charge in [0.05, 0.1) is 20.2 Å². The van der Waals surface area contributed by atoms with Crippen LogP contribution in [0.1, 0.15) is 10.4 Å². The summed E-state index contributed by atoms with van der Waals surface area (Å²) < 4.78 is 9.79. The molecule has 0 saturated carbocycles. The van der Waals surface area contributed by atoms with E-state index in [-0.39, 0.29) is 11.3 Å². The first-order valence-corrected chi connectivity index (χ1v) is 3.63. The zero-order valence-electron chi connectivity index (χ0n) is 7.37. The Balaban J connectivity index is 3.27. The van der Waals surface area contributed by atoms with Gasteiger partial charge in [-0.25, -0.2) is 0 Å². The standard InChI is InChI=1S/C9H10O4/c1-12-7-5-3-4-6(9(10)11)8(7)13-2/h3-5H,1-2H3,(H,10,11)/p-1. The molecule has 70 valence electrons. The van der Waals surface area contributed by atoms with Crippen molar-refractivity contribution in [2.24, 2.45) is 0 Å². The molecule has 0 fully saturated rings. The second-order valence-corrected chi connectivity index (χ2v) is 2.33. The van der Waals surface area contributed by atoms with Crippen molar-refractivity contribution in [3.63, 3.8) is 0 Å². The van der Waals surface area contributed by atoms with Crippen LogP contribution in [-0.4, -0.2) is 20.2 Å². The van der Waals surface area contributed by atoms with Crippen LogP contribution in [0.3, 0.4) is 0 Å². The number of carboxylic acid groups (broad SMARTS) is 1. The maximum Gasteiger partial charge on any atom is 0.169 e. The number of rotatable bonds is 3. The molecule has 4 heteroatoms. The van der Waals surface area contributed by atoms with Crippen molar-refractivity contribution in [2.75, 3.05) is 14.2 Å². The van der Waals surface area contributed by atoms with Crippen molar-refractivity contribution >= 4 is 5.97 Å². The minimum Gasteiger partial charge on any atom is -0.545 e. The van der Waals surface area contributed by atoms with E-state index in [1.165, 1.54) is 20.3 Å². The zero-order valence-corrected chi connectivity index (χ0v) is 7.37. The van der Waals surface area contributed by atoms with Crippen LogP contribution < -0.4 is 14.6 Å². The largest absolute Gasteiger partial charge is 0.545 e. The number of ether oxygens (including phenoxy) is 2. The minimum absolute atomic E-state index is 0.0122. The van der Waals surface area contributed by atoms with Crippen LogP contribution in [0.5, 0.6) is 11.5 Å². The molecule has 1 aromatic rings. The lowest BCUT2D eigenvalue weighted by Crippen LogP contribution is -2.23. The summed E-state index contributed by atoms with van der Waals surface area (Å²) in [5.74, 6) is -0.718. The van der Waals surface area contributed by atoms with Crippen LogP contribution in [0.2, 0.25) is 0 Å². The fraction of sp³-hybridized carbons (Fsp3) is 0.222. The average molecular weight is 181 g/mol. The predicted octanol–water partition coefficient (Wildman–Crippen LogP) is 0.0673. The Morgan fingerprint density at radius 3 is 2.46 bits per heavy atom. The Kier molecular flexibility index (Phi) is 2.74. The highest BCUT2D eigenvalue weighted by Gasteiger charge is 2.09. The van der Waals surface area contributed by atoms with E-state index in [0.29, 0.717) is 5.75 Å². The zero-order chi connectivity index (χ0) is 9.84. The SMILES string of the molecule is COc1cccc(C(=O)[O-])c1OC. The van der Waals surface area contributed by atoms with Gasteiger partial charge in [0, 0.05) is 5.56 Å². The first kappa shape index (κ1) is 9.38. The van der Waals surface area contributed by atoms with E-state index in [1.807, 2.05) is 0 Å². The molecule has 0 unspecified atom stereocenters. The van der Waals surface area contributed by atoms with Crippen LogP contribution in [0.25, 0.3) is 0 Å². The molecule has 13 heavy (non-hydrogen) atoms. The van der Waals surface area contributed by atoms with E-state index in [2.05, 4.69) is 0 Å². The van der Waals surface area contributed by atoms with Gasteiger partial charge in [-0.1, -0.05) is 6.07 Å². The summed E-state index contributed by atoms with van der Waals surface area (Å²) in [4.78, 5) is 10.6. The lowest BCUT2D eigenvalue weighted by molar-refractivity contribution is -0.255. The van der Waals surface area contributed by atoms with Crippen LogP contribution >= 0.6 is 0 Å². The Morgan fingerprint density at radius 1 is 1.31 bits per heavy atom. The summed E-state index contributed by atoms with van der Waals surface area (Å²) >= 11 is 0. The highest BCUT2D eigenvalue weighted by atomic mass is 16.5. The second kappa shape index (κ2) is 3.80. The van der Waals surface area contributed by atoms with Crippen LogP contribution in [-0.2, 0) is 0 Å². The van der Waals surface area contributed by atoms with Gasteiger partial charge >= 0.3 is 0 Å². The number of hydrogen-bond acceptors (Lipinski definition) is 4. The molecule has 0 saturated heterocycles. The molecule has 0 spiro atoms. The fourth-order valence-electron chi connectivity index (χ4n) is 1.05. The van der Waals surface area contributed by atoms with Gasteiger partial charge in [0.25, 0.3) is 0 Å². The lowest BCUT2D eigenvalue weighted by Gasteiger charge is -2.12. The Morgan fingerprint density at radius 2 is 2.00 bits per heavy atom. The number of carboxylic acids is 1. The maximum absolute atomic E-state index is 10.6. The van der Waals surface area contributed by atoms with Crippen LogP contribution in [0, 0.1) is 0 Å². The van der Waals surface area contributed by atoms with Gasteiger partial charge < -0.3 is 19.4 Å². The van der Waals surface area contributed by atoms with Crippen molar-refractivity contribution < 1.29 is 19.4 Å². The third kappa shape index (κ3) is 1.72. The molecule has 0 aliphatic rings. The molecule has 0 aliphatic heterocycles. The molecule has 4 nitrogen and oxygen atoms in total. The van der Waals surface area contributed by atoms with Crippen molar-refractivity contribution in [3.05, 3.63) is 23.8 Å². The van der Waals surface area contributed by atoms with Gasteiger partial charge in [-0.2, -0.15) is 0 Å². The highest BCUT2D eigenvalue weighted by Crippen LogP contribution is 2.29. The molecule has 0 aliphatic carbocycles. The molecule has 0 atom stereocenters. The lowest BCUT2D eigenvalue weighted by atomic mass is 10.2. The molecule has 0 radical (unpaired) electrons. The Hall–Kier alpha value is -1.71. The quantitative estimate of drug-likeness (QED) is 0.662. The first-order chi connectivity index (χ1) is 6.20. The molecule has 0 amide bonds. The molecular formula is C9H9O4-. The molecule has 1 rings (SSSR count). The summed E-state index contributed by atoms with van der Waals surface area (Å²) in [6, 6.07) is 4.58. The van der Waals surface area contributed by atoms with Gasteiger partial charge in [0.1, 0.15) is 0 Å². The molecular weight excluding hydrogens is 172 g/mol. The number of para-hydroxylation sites is 1. The summed E-state index contributed by atoms with van der Waals surface area (Å²) in [5, 5.41) is 10.6. The fourth-order valence-corrected chi connectivity index (χ4v) is 1.05. The summed E-state index contributed by atoms with van der Waals surface area (Å²) in [7, 11) is 2.82. The van der Waals surface area contributed by atoms with Crippen LogP contribution in [0.15, 0.2) is 18.2 Å². The smallest absolute Gasteiger partial charge is 0.169 e. The molecule has 0 aromatic heterocycles. The van der Waals surface area contributed by atoms with Gasteiger partial charge in [-0.15, -0.1) is 0 Å². The number of hydrogen-bond donors (Lipinski definition) is 0. The number of benzene rings is 1. The Labute approximate surface area is 75.7 Å². The topological polar surface area (TPSA) is 58.6 Å². The first-order valence-electron chi connectivity index (χ1n) is 3.63. The molecule has 0 bridgehead atoms. The van der Waals surface area contributed by atoms with E-state index in [4.69, 9.17) is 9.47 Å². The van der Waals surface area contributed by atoms with Gasteiger partial charge in [0.15, 0.2) is 11.5 Å². The van der Waals surface area contributed by atoms with Crippen molar-refractivity contribution in [3.8, 4) is 11.5 Å². The normalized spacial score (nSPS) is 9.38. The summed E-state index contributed by atoms with van der Waals surface area (Å²) in [6.45, 7) is 0. The Bertz CT molecular complexity index is 319. The summed E-state index contributed by atoms with van der Waals surface area (Å²) in [5.41, 5.74) is -0.0122. The average Bonchev–Trinajstić information content (AvgIpc) is 2.16. The molecule has 1 aromatic carbocycles. The third-order valence-corrected chi connectivity index (χ3v) is 1.62. The minimum atomic E-state index is -1.28.